The van der Waals surface area contributed by atoms with Gasteiger partial charge < -0.3 is 10.1 Å². The van der Waals surface area contributed by atoms with Crippen LogP contribution in [-0.2, 0) is 0 Å². The lowest BCUT2D eigenvalue weighted by molar-refractivity contribution is 0.401. The van der Waals surface area contributed by atoms with Gasteiger partial charge in [-0.15, -0.1) is 0 Å². The van der Waals surface area contributed by atoms with Gasteiger partial charge >= 0.3 is 0 Å². The minimum absolute atomic E-state index is 0.377. The third-order valence-electron chi connectivity index (χ3n) is 3.48. The molecule has 102 valence electrons. The molecule has 2 heteroatoms. The molecule has 0 radical (unpaired) electrons. The summed E-state index contributed by atoms with van der Waals surface area (Å²) in [6, 6.07) is 9.31. The molecule has 0 fully saturated rings. The Morgan fingerprint density at radius 1 is 1.28 bits per heavy atom. The standard InChI is InChI=1S/C16H27NO/c1-5-7-10-15(6-2)17-13(3)14-9-8-11-16(12-14)18-4/h8-9,11-13,15,17H,5-7,10H2,1-4H3. The van der Waals surface area contributed by atoms with Gasteiger partial charge in [-0.2, -0.15) is 0 Å². The van der Waals surface area contributed by atoms with E-state index in [1.165, 1.54) is 31.2 Å². The van der Waals surface area contributed by atoms with Crippen LogP contribution in [0.3, 0.4) is 0 Å². The normalized spacial score (nSPS) is 14.2. The van der Waals surface area contributed by atoms with Gasteiger partial charge in [-0.1, -0.05) is 38.8 Å². The zero-order valence-corrected chi connectivity index (χ0v) is 12.2. The average molecular weight is 249 g/mol. The first-order valence-corrected chi connectivity index (χ1v) is 7.11. The number of rotatable bonds is 8. The van der Waals surface area contributed by atoms with Crippen LogP contribution in [0.2, 0.25) is 0 Å². The molecule has 0 aromatic heterocycles. The number of methoxy groups -OCH3 is 1. The Morgan fingerprint density at radius 2 is 2.06 bits per heavy atom. The van der Waals surface area contributed by atoms with Gasteiger partial charge in [-0.3, -0.25) is 0 Å². The Hall–Kier alpha value is -1.02. The van der Waals surface area contributed by atoms with Crippen LogP contribution in [0.25, 0.3) is 0 Å². The SMILES string of the molecule is CCCCC(CC)NC(C)c1cccc(OC)c1. The largest absolute Gasteiger partial charge is 0.497 e. The molecule has 1 aromatic rings. The highest BCUT2D eigenvalue weighted by atomic mass is 16.5. The Bertz CT molecular complexity index is 338. The van der Waals surface area contributed by atoms with Crippen LogP contribution in [0.1, 0.15) is 58.1 Å². The fourth-order valence-corrected chi connectivity index (χ4v) is 2.22. The molecular weight excluding hydrogens is 222 g/mol. The van der Waals surface area contributed by atoms with Crippen molar-refractivity contribution in [3.63, 3.8) is 0 Å². The first kappa shape index (κ1) is 15.0. The zero-order chi connectivity index (χ0) is 13.4. The monoisotopic (exact) mass is 249 g/mol. The second kappa shape index (κ2) is 8.15. The highest BCUT2D eigenvalue weighted by Gasteiger charge is 2.11. The van der Waals surface area contributed by atoms with Gasteiger partial charge in [0.2, 0.25) is 0 Å². The van der Waals surface area contributed by atoms with Crippen LogP contribution < -0.4 is 10.1 Å². The molecule has 0 aliphatic rings. The average Bonchev–Trinajstić information content (AvgIpc) is 2.43. The first-order chi connectivity index (χ1) is 8.71. The van der Waals surface area contributed by atoms with Crippen molar-refractivity contribution in [2.24, 2.45) is 0 Å². The third-order valence-corrected chi connectivity index (χ3v) is 3.48. The Balaban J connectivity index is 2.59. The molecule has 1 N–H and O–H groups in total. The molecule has 2 atom stereocenters. The molecule has 0 aliphatic heterocycles. The number of hydrogen-bond donors (Lipinski definition) is 1. The molecule has 2 nitrogen and oxygen atoms in total. The number of nitrogens with one attached hydrogen (secondary N) is 1. The van der Waals surface area contributed by atoms with E-state index in [0.717, 1.165) is 5.75 Å². The number of benzene rings is 1. The van der Waals surface area contributed by atoms with E-state index >= 15 is 0 Å². The van der Waals surface area contributed by atoms with Crippen molar-refractivity contribution in [2.75, 3.05) is 7.11 Å². The minimum atomic E-state index is 0.377. The van der Waals surface area contributed by atoms with E-state index in [2.05, 4.69) is 44.3 Å². The summed E-state index contributed by atoms with van der Waals surface area (Å²) in [7, 11) is 1.72. The molecular formula is C16H27NO. The molecule has 0 amide bonds. The maximum atomic E-state index is 5.27. The quantitative estimate of drug-likeness (QED) is 0.741. The Morgan fingerprint density at radius 3 is 2.67 bits per heavy atom. The van der Waals surface area contributed by atoms with Crippen LogP contribution in [0.4, 0.5) is 0 Å². The van der Waals surface area contributed by atoms with Crippen LogP contribution >= 0.6 is 0 Å². The summed E-state index contributed by atoms with van der Waals surface area (Å²) in [5.41, 5.74) is 1.30. The highest BCUT2D eigenvalue weighted by Crippen LogP contribution is 2.20. The summed E-state index contributed by atoms with van der Waals surface area (Å²) in [6.07, 6.45) is 5.03. The number of hydrogen-bond acceptors (Lipinski definition) is 2. The summed E-state index contributed by atoms with van der Waals surface area (Å²) in [6.45, 7) is 6.73. The summed E-state index contributed by atoms with van der Waals surface area (Å²) >= 11 is 0. The van der Waals surface area contributed by atoms with Crippen molar-refractivity contribution in [1.82, 2.24) is 5.32 Å². The molecule has 0 saturated heterocycles. The van der Waals surface area contributed by atoms with Crippen molar-refractivity contribution < 1.29 is 4.74 Å². The van der Waals surface area contributed by atoms with E-state index < -0.39 is 0 Å². The summed E-state index contributed by atoms with van der Waals surface area (Å²) in [4.78, 5) is 0. The van der Waals surface area contributed by atoms with Crippen molar-refractivity contribution in [1.29, 1.82) is 0 Å². The lowest BCUT2D eigenvalue weighted by Gasteiger charge is -2.22. The summed E-state index contributed by atoms with van der Waals surface area (Å²) < 4.78 is 5.27. The smallest absolute Gasteiger partial charge is 0.119 e. The molecule has 0 heterocycles. The molecule has 0 aliphatic carbocycles. The maximum absolute atomic E-state index is 5.27. The van der Waals surface area contributed by atoms with Crippen LogP contribution in [0, 0.1) is 0 Å². The fraction of sp³-hybridized carbons (Fsp3) is 0.625. The lowest BCUT2D eigenvalue weighted by atomic mass is 10.0. The van der Waals surface area contributed by atoms with Gasteiger partial charge in [0.1, 0.15) is 5.75 Å². The Kier molecular flexibility index (Phi) is 6.81. The molecule has 0 spiro atoms. The van der Waals surface area contributed by atoms with E-state index in [4.69, 9.17) is 4.74 Å². The van der Waals surface area contributed by atoms with Gasteiger partial charge in [0, 0.05) is 12.1 Å². The third kappa shape index (κ3) is 4.69. The van der Waals surface area contributed by atoms with Gasteiger partial charge in [-0.05, 0) is 37.5 Å². The van der Waals surface area contributed by atoms with Crippen LogP contribution in [0.15, 0.2) is 24.3 Å². The van der Waals surface area contributed by atoms with Crippen molar-refractivity contribution in [3.05, 3.63) is 29.8 Å². The first-order valence-electron chi connectivity index (χ1n) is 7.11. The van der Waals surface area contributed by atoms with E-state index in [9.17, 15) is 0 Å². The van der Waals surface area contributed by atoms with E-state index in [1.54, 1.807) is 7.11 Å². The second-order valence-corrected chi connectivity index (χ2v) is 4.91. The molecule has 18 heavy (non-hydrogen) atoms. The van der Waals surface area contributed by atoms with Gasteiger partial charge in [0.05, 0.1) is 7.11 Å². The van der Waals surface area contributed by atoms with Gasteiger partial charge in [-0.25, -0.2) is 0 Å². The van der Waals surface area contributed by atoms with Crippen LogP contribution in [-0.4, -0.2) is 13.2 Å². The topological polar surface area (TPSA) is 21.3 Å². The molecule has 0 bridgehead atoms. The fourth-order valence-electron chi connectivity index (χ4n) is 2.22. The van der Waals surface area contributed by atoms with Crippen LogP contribution in [0.5, 0.6) is 5.75 Å². The number of unbranched alkanes of at least 4 members (excludes halogenated alkanes) is 1. The van der Waals surface area contributed by atoms with Crippen molar-refractivity contribution in [3.8, 4) is 5.75 Å². The zero-order valence-electron chi connectivity index (χ0n) is 12.2. The molecule has 2 unspecified atom stereocenters. The van der Waals surface area contributed by atoms with Crippen molar-refractivity contribution >= 4 is 0 Å². The second-order valence-electron chi connectivity index (χ2n) is 4.91. The predicted octanol–water partition coefficient (Wildman–Crippen LogP) is 4.31. The number of ether oxygens (including phenoxy) is 1. The van der Waals surface area contributed by atoms with E-state index in [0.29, 0.717) is 12.1 Å². The van der Waals surface area contributed by atoms with Gasteiger partial charge in [0.25, 0.3) is 0 Å². The highest BCUT2D eigenvalue weighted by molar-refractivity contribution is 5.30. The lowest BCUT2D eigenvalue weighted by Crippen LogP contribution is -2.30. The maximum Gasteiger partial charge on any atom is 0.119 e. The summed E-state index contributed by atoms with van der Waals surface area (Å²) in [5, 5.41) is 3.71. The van der Waals surface area contributed by atoms with Gasteiger partial charge in [0.15, 0.2) is 0 Å². The van der Waals surface area contributed by atoms with E-state index in [1.807, 2.05) is 6.07 Å². The summed E-state index contributed by atoms with van der Waals surface area (Å²) in [5.74, 6) is 0.933. The Labute approximate surface area is 112 Å². The predicted molar refractivity (Wildman–Crippen MR) is 78.1 cm³/mol. The van der Waals surface area contributed by atoms with E-state index in [-0.39, 0.29) is 0 Å². The molecule has 1 rings (SSSR count). The molecule has 1 aromatic carbocycles. The minimum Gasteiger partial charge on any atom is -0.497 e. The van der Waals surface area contributed by atoms with Crippen molar-refractivity contribution in [2.45, 2.75) is 58.5 Å². The molecule has 0 saturated carbocycles.